The number of nitrogens with zero attached hydrogens (tertiary/aromatic N) is 1. The third kappa shape index (κ3) is 7.62. The van der Waals surface area contributed by atoms with E-state index in [0.717, 1.165) is 45.4 Å². The van der Waals surface area contributed by atoms with Gasteiger partial charge in [0.05, 0.1) is 5.75 Å². The van der Waals surface area contributed by atoms with Crippen LogP contribution in [0.2, 0.25) is 0 Å². The maximum atomic E-state index is 11.3. The lowest BCUT2D eigenvalue weighted by Crippen LogP contribution is -2.44. The van der Waals surface area contributed by atoms with Crippen LogP contribution in [0.4, 0.5) is 0 Å². The highest BCUT2D eigenvalue weighted by Gasteiger charge is 2.09. The molecule has 2 N–H and O–H groups in total. The molecule has 0 aliphatic carbocycles. The lowest BCUT2D eigenvalue weighted by atomic mass is 10.3. The minimum absolute atomic E-state index is 0.0620. The molecule has 1 amide bonds. The van der Waals surface area contributed by atoms with Gasteiger partial charge in [-0.15, -0.1) is 0 Å². The summed E-state index contributed by atoms with van der Waals surface area (Å²) in [5.41, 5.74) is 0. The van der Waals surface area contributed by atoms with Gasteiger partial charge in [0.1, 0.15) is 9.84 Å². The lowest BCUT2D eigenvalue weighted by Gasteiger charge is -2.27. The second-order valence-corrected chi connectivity index (χ2v) is 6.93. The fourth-order valence-corrected chi connectivity index (χ4v) is 2.39. The van der Waals surface area contributed by atoms with E-state index in [-0.39, 0.29) is 18.1 Å². The van der Waals surface area contributed by atoms with Crippen molar-refractivity contribution in [3.8, 4) is 0 Å². The van der Waals surface area contributed by atoms with Crippen molar-refractivity contribution in [2.24, 2.45) is 0 Å². The van der Waals surface area contributed by atoms with Crippen LogP contribution in [0.5, 0.6) is 0 Å². The van der Waals surface area contributed by atoms with Gasteiger partial charge >= 0.3 is 0 Å². The lowest BCUT2D eigenvalue weighted by molar-refractivity contribution is -0.120. The molecule has 18 heavy (non-hydrogen) atoms. The Balaban J connectivity index is 2.01. The molecule has 0 radical (unpaired) electrons. The van der Waals surface area contributed by atoms with Crippen LogP contribution in [0, 0.1) is 0 Å². The Hall–Kier alpha value is -0.660. The van der Waals surface area contributed by atoms with E-state index in [1.54, 1.807) is 0 Å². The number of amides is 1. The maximum Gasteiger partial charge on any atom is 0.221 e. The van der Waals surface area contributed by atoms with Crippen molar-refractivity contribution in [3.05, 3.63) is 0 Å². The molecule has 1 aliphatic heterocycles. The van der Waals surface area contributed by atoms with Gasteiger partial charge in [0.2, 0.25) is 5.91 Å². The minimum Gasteiger partial charge on any atom is -0.356 e. The molecule has 1 saturated heterocycles. The number of piperazine rings is 1. The molecule has 0 aromatic rings. The predicted molar refractivity (Wildman–Crippen MR) is 71.3 cm³/mol. The van der Waals surface area contributed by atoms with Gasteiger partial charge in [-0.05, 0) is 13.0 Å². The summed E-state index contributed by atoms with van der Waals surface area (Å²) in [6.07, 6.45) is 2.11. The van der Waals surface area contributed by atoms with Gasteiger partial charge in [-0.25, -0.2) is 8.42 Å². The molecule has 1 aliphatic rings. The van der Waals surface area contributed by atoms with Gasteiger partial charge in [0.25, 0.3) is 0 Å². The standard InChI is InChI=1S/C11H23N3O3S/c1-18(16,17)10-3-11(15)13-4-2-7-14-8-5-12-6-9-14/h12H,2-10H2,1H3,(H,13,15). The highest BCUT2D eigenvalue weighted by atomic mass is 32.2. The van der Waals surface area contributed by atoms with Crippen LogP contribution in [-0.2, 0) is 14.6 Å². The average Bonchev–Trinajstić information content (AvgIpc) is 2.33. The van der Waals surface area contributed by atoms with Gasteiger partial charge in [0.15, 0.2) is 0 Å². The van der Waals surface area contributed by atoms with Crippen LogP contribution in [0.3, 0.4) is 0 Å². The molecule has 7 heteroatoms. The largest absolute Gasteiger partial charge is 0.356 e. The highest BCUT2D eigenvalue weighted by Crippen LogP contribution is 1.94. The van der Waals surface area contributed by atoms with Gasteiger partial charge in [-0.1, -0.05) is 0 Å². The summed E-state index contributed by atoms with van der Waals surface area (Å²) in [7, 11) is -3.04. The van der Waals surface area contributed by atoms with Crippen LogP contribution in [0.1, 0.15) is 12.8 Å². The number of rotatable bonds is 7. The smallest absolute Gasteiger partial charge is 0.221 e. The summed E-state index contributed by atoms with van der Waals surface area (Å²) < 4.78 is 21.8. The van der Waals surface area contributed by atoms with E-state index < -0.39 is 9.84 Å². The van der Waals surface area contributed by atoms with E-state index in [4.69, 9.17) is 0 Å². The number of carbonyl (C=O) groups is 1. The Morgan fingerprint density at radius 1 is 1.33 bits per heavy atom. The molecular weight excluding hydrogens is 254 g/mol. The number of hydrogen-bond acceptors (Lipinski definition) is 5. The van der Waals surface area contributed by atoms with Crippen LogP contribution in [-0.4, -0.2) is 70.5 Å². The van der Waals surface area contributed by atoms with Crippen LogP contribution in [0.25, 0.3) is 0 Å². The molecule has 0 bridgehead atoms. The Bertz CT molecular complexity index is 351. The van der Waals surface area contributed by atoms with E-state index in [2.05, 4.69) is 15.5 Å². The summed E-state index contributed by atoms with van der Waals surface area (Å²) in [6.45, 7) is 5.77. The van der Waals surface area contributed by atoms with E-state index >= 15 is 0 Å². The van der Waals surface area contributed by atoms with Gasteiger partial charge in [-0.2, -0.15) is 0 Å². The van der Waals surface area contributed by atoms with Gasteiger partial charge in [0, 0.05) is 45.4 Å². The first-order valence-electron chi connectivity index (χ1n) is 6.35. The molecular formula is C11H23N3O3S. The van der Waals surface area contributed by atoms with Crippen molar-refractivity contribution in [2.45, 2.75) is 12.8 Å². The second-order valence-electron chi connectivity index (χ2n) is 4.68. The van der Waals surface area contributed by atoms with E-state index in [9.17, 15) is 13.2 Å². The third-order valence-corrected chi connectivity index (χ3v) is 3.83. The fourth-order valence-electron chi connectivity index (χ4n) is 1.83. The second kappa shape index (κ2) is 7.70. The van der Waals surface area contributed by atoms with E-state index in [1.165, 1.54) is 0 Å². The molecule has 6 nitrogen and oxygen atoms in total. The first kappa shape index (κ1) is 15.4. The Morgan fingerprint density at radius 3 is 2.61 bits per heavy atom. The zero-order valence-corrected chi connectivity index (χ0v) is 11.8. The summed E-state index contributed by atoms with van der Waals surface area (Å²) >= 11 is 0. The Labute approximate surface area is 109 Å². The summed E-state index contributed by atoms with van der Waals surface area (Å²) in [5, 5.41) is 6.04. The molecule has 0 spiro atoms. The Kier molecular flexibility index (Phi) is 6.59. The number of hydrogen-bond donors (Lipinski definition) is 2. The molecule has 1 fully saturated rings. The summed E-state index contributed by atoms with van der Waals surface area (Å²) in [4.78, 5) is 13.7. The maximum absolute atomic E-state index is 11.3. The number of sulfone groups is 1. The molecule has 0 aromatic carbocycles. The average molecular weight is 277 g/mol. The monoisotopic (exact) mass is 277 g/mol. The third-order valence-electron chi connectivity index (χ3n) is 2.88. The van der Waals surface area contributed by atoms with Crippen LogP contribution >= 0.6 is 0 Å². The molecule has 1 rings (SSSR count). The Morgan fingerprint density at radius 2 is 2.00 bits per heavy atom. The SMILES string of the molecule is CS(=O)(=O)CCC(=O)NCCCN1CCNCC1. The zero-order valence-electron chi connectivity index (χ0n) is 10.9. The summed E-state index contributed by atoms with van der Waals surface area (Å²) in [5.74, 6) is -0.253. The van der Waals surface area contributed by atoms with E-state index in [1.807, 2.05) is 0 Å². The summed E-state index contributed by atoms with van der Waals surface area (Å²) in [6, 6.07) is 0. The van der Waals surface area contributed by atoms with Crippen molar-refractivity contribution in [2.75, 3.05) is 51.3 Å². The van der Waals surface area contributed by atoms with Crippen molar-refractivity contribution in [1.29, 1.82) is 0 Å². The first-order valence-corrected chi connectivity index (χ1v) is 8.41. The molecule has 0 saturated carbocycles. The molecule has 0 aromatic heterocycles. The van der Waals surface area contributed by atoms with Crippen LogP contribution < -0.4 is 10.6 Å². The number of nitrogens with one attached hydrogen (secondary N) is 2. The van der Waals surface area contributed by atoms with Crippen LogP contribution in [0.15, 0.2) is 0 Å². The van der Waals surface area contributed by atoms with Crippen molar-refractivity contribution >= 4 is 15.7 Å². The number of carbonyl (C=O) groups excluding carboxylic acids is 1. The molecule has 0 atom stereocenters. The first-order chi connectivity index (χ1) is 8.47. The molecule has 0 unspecified atom stereocenters. The fraction of sp³-hybridized carbons (Fsp3) is 0.909. The van der Waals surface area contributed by atoms with Crippen molar-refractivity contribution < 1.29 is 13.2 Å². The minimum atomic E-state index is -3.04. The highest BCUT2D eigenvalue weighted by molar-refractivity contribution is 7.90. The quantitative estimate of drug-likeness (QED) is 0.574. The van der Waals surface area contributed by atoms with Crippen molar-refractivity contribution in [1.82, 2.24) is 15.5 Å². The van der Waals surface area contributed by atoms with Gasteiger partial charge < -0.3 is 15.5 Å². The molecule has 106 valence electrons. The normalized spacial score (nSPS) is 17.6. The zero-order chi connectivity index (χ0) is 13.4. The van der Waals surface area contributed by atoms with Gasteiger partial charge in [-0.3, -0.25) is 4.79 Å². The van der Waals surface area contributed by atoms with Crippen molar-refractivity contribution in [3.63, 3.8) is 0 Å². The molecule has 1 heterocycles. The topological polar surface area (TPSA) is 78.5 Å². The van der Waals surface area contributed by atoms with E-state index in [0.29, 0.717) is 6.54 Å². The predicted octanol–water partition coefficient (Wildman–Crippen LogP) is -1.17.